The highest BCUT2D eigenvalue weighted by Crippen LogP contribution is 2.14. The van der Waals surface area contributed by atoms with Gasteiger partial charge in [0.05, 0.1) is 12.1 Å². The molecule has 4 nitrogen and oxygen atoms in total. The first-order valence-electron chi connectivity index (χ1n) is 4.24. The van der Waals surface area contributed by atoms with Gasteiger partial charge in [-0.1, -0.05) is 0 Å². The Morgan fingerprint density at radius 1 is 1.71 bits per heavy atom. The van der Waals surface area contributed by atoms with Crippen molar-refractivity contribution in [3.05, 3.63) is 16.6 Å². The fourth-order valence-corrected chi connectivity index (χ4v) is 1.55. The van der Waals surface area contributed by atoms with Gasteiger partial charge in [-0.25, -0.2) is 4.98 Å². The molecule has 0 saturated heterocycles. The number of carbonyl (C=O) groups is 1. The second-order valence-corrected chi connectivity index (χ2v) is 3.88. The Morgan fingerprint density at radius 3 is 2.93 bits per heavy atom. The molecule has 0 bridgehead atoms. The Kier molecular flexibility index (Phi) is 3.60. The molecule has 1 rings (SSSR count). The molecule has 1 aromatic rings. The molecule has 2 atom stereocenters. The summed E-state index contributed by atoms with van der Waals surface area (Å²) in [5, 5.41) is 13.9. The topological polar surface area (TPSA) is 65.8 Å². The van der Waals surface area contributed by atoms with Crippen molar-refractivity contribution < 1.29 is 4.79 Å². The van der Waals surface area contributed by atoms with Crippen molar-refractivity contribution in [3.8, 4) is 6.07 Å². The van der Waals surface area contributed by atoms with Gasteiger partial charge >= 0.3 is 0 Å². The zero-order valence-electron chi connectivity index (χ0n) is 8.02. The third-order valence-corrected chi connectivity index (χ3v) is 2.73. The summed E-state index contributed by atoms with van der Waals surface area (Å²) >= 11 is 1.48. The molecule has 0 fully saturated rings. The second-order valence-electron chi connectivity index (χ2n) is 2.95. The van der Waals surface area contributed by atoms with Crippen LogP contribution < -0.4 is 5.32 Å². The molecule has 0 saturated carbocycles. The van der Waals surface area contributed by atoms with Crippen molar-refractivity contribution in [2.24, 2.45) is 5.92 Å². The van der Waals surface area contributed by atoms with E-state index in [9.17, 15) is 4.79 Å². The van der Waals surface area contributed by atoms with E-state index >= 15 is 0 Å². The summed E-state index contributed by atoms with van der Waals surface area (Å²) in [6.45, 7) is 3.42. The van der Waals surface area contributed by atoms with E-state index in [0.717, 1.165) is 5.01 Å². The van der Waals surface area contributed by atoms with Crippen LogP contribution in [0.2, 0.25) is 0 Å². The molecule has 0 aliphatic heterocycles. The summed E-state index contributed by atoms with van der Waals surface area (Å²) < 4.78 is 0. The van der Waals surface area contributed by atoms with Crippen LogP contribution in [0.5, 0.6) is 0 Å². The lowest BCUT2D eigenvalue weighted by molar-refractivity contribution is -0.123. The lowest BCUT2D eigenvalue weighted by atomic mass is 10.2. The maximum atomic E-state index is 11.3. The minimum absolute atomic E-state index is 0.127. The van der Waals surface area contributed by atoms with E-state index in [4.69, 9.17) is 5.26 Å². The first-order chi connectivity index (χ1) is 6.65. The van der Waals surface area contributed by atoms with Crippen molar-refractivity contribution in [1.82, 2.24) is 10.3 Å². The highest BCUT2D eigenvalue weighted by molar-refractivity contribution is 7.09. The van der Waals surface area contributed by atoms with Crippen LogP contribution in [0.3, 0.4) is 0 Å². The SMILES string of the molecule is CC(C#N)C(=O)NC(C)c1nccs1. The van der Waals surface area contributed by atoms with Crippen molar-refractivity contribution in [2.45, 2.75) is 19.9 Å². The van der Waals surface area contributed by atoms with Crippen molar-refractivity contribution in [1.29, 1.82) is 5.26 Å². The van der Waals surface area contributed by atoms with Crippen molar-refractivity contribution in [2.75, 3.05) is 0 Å². The van der Waals surface area contributed by atoms with Crippen LogP contribution in [0.4, 0.5) is 0 Å². The molecular weight excluding hydrogens is 198 g/mol. The van der Waals surface area contributed by atoms with Crippen LogP contribution in [-0.4, -0.2) is 10.9 Å². The van der Waals surface area contributed by atoms with Crippen LogP contribution in [0.25, 0.3) is 0 Å². The van der Waals surface area contributed by atoms with Crippen LogP contribution in [-0.2, 0) is 4.79 Å². The number of hydrogen-bond acceptors (Lipinski definition) is 4. The number of nitriles is 1. The van der Waals surface area contributed by atoms with Gasteiger partial charge in [0.2, 0.25) is 5.91 Å². The second kappa shape index (κ2) is 4.72. The molecule has 1 amide bonds. The van der Waals surface area contributed by atoms with Crippen molar-refractivity contribution >= 4 is 17.2 Å². The van der Waals surface area contributed by atoms with Gasteiger partial charge in [-0.15, -0.1) is 11.3 Å². The van der Waals surface area contributed by atoms with Gasteiger partial charge in [0.15, 0.2) is 0 Å². The smallest absolute Gasteiger partial charge is 0.237 e. The Morgan fingerprint density at radius 2 is 2.43 bits per heavy atom. The van der Waals surface area contributed by atoms with E-state index < -0.39 is 5.92 Å². The lowest BCUT2D eigenvalue weighted by Gasteiger charge is -2.11. The van der Waals surface area contributed by atoms with Gasteiger partial charge < -0.3 is 5.32 Å². The zero-order valence-corrected chi connectivity index (χ0v) is 8.84. The maximum absolute atomic E-state index is 11.3. The number of amides is 1. The van der Waals surface area contributed by atoms with Gasteiger partial charge in [0, 0.05) is 11.6 Å². The summed E-state index contributed by atoms with van der Waals surface area (Å²) in [6, 6.07) is 1.76. The van der Waals surface area contributed by atoms with Crippen molar-refractivity contribution in [3.63, 3.8) is 0 Å². The molecule has 5 heteroatoms. The van der Waals surface area contributed by atoms with Gasteiger partial charge in [-0.05, 0) is 13.8 Å². The average Bonchev–Trinajstić information content (AvgIpc) is 2.69. The van der Waals surface area contributed by atoms with Gasteiger partial charge in [0.1, 0.15) is 10.9 Å². The van der Waals surface area contributed by atoms with Crippen LogP contribution in [0.15, 0.2) is 11.6 Å². The van der Waals surface area contributed by atoms with E-state index in [0.29, 0.717) is 0 Å². The summed E-state index contributed by atoms with van der Waals surface area (Å²) in [7, 11) is 0. The van der Waals surface area contributed by atoms with E-state index in [1.165, 1.54) is 11.3 Å². The predicted octanol–water partition coefficient (Wildman–Crippen LogP) is 1.48. The number of carbonyl (C=O) groups excluding carboxylic acids is 1. The molecule has 0 spiro atoms. The number of thiazole rings is 1. The standard InChI is InChI=1S/C9H11N3OS/c1-6(5-10)8(13)12-7(2)9-11-3-4-14-9/h3-4,6-7H,1-2H3,(H,12,13). The minimum Gasteiger partial charge on any atom is -0.346 e. The Hall–Kier alpha value is -1.41. The van der Waals surface area contributed by atoms with Gasteiger partial charge in [-0.2, -0.15) is 5.26 Å². The quantitative estimate of drug-likeness (QED) is 0.820. The third kappa shape index (κ3) is 2.54. The predicted molar refractivity (Wildman–Crippen MR) is 53.4 cm³/mol. The number of nitrogens with zero attached hydrogens (tertiary/aromatic N) is 2. The molecule has 1 aromatic heterocycles. The lowest BCUT2D eigenvalue weighted by Crippen LogP contribution is -2.30. The van der Waals surface area contributed by atoms with E-state index in [1.807, 2.05) is 18.4 Å². The minimum atomic E-state index is -0.614. The highest BCUT2D eigenvalue weighted by Gasteiger charge is 2.16. The molecule has 0 aliphatic rings. The summed E-state index contributed by atoms with van der Waals surface area (Å²) in [5.74, 6) is -0.868. The fraction of sp³-hybridized carbons (Fsp3) is 0.444. The van der Waals surface area contributed by atoms with Gasteiger partial charge in [-0.3, -0.25) is 4.79 Å². The third-order valence-electron chi connectivity index (χ3n) is 1.77. The zero-order chi connectivity index (χ0) is 10.6. The number of hydrogen-bond donors (Lipinski definition) is 1. The number of rotatable bonds is 3. The first-order valence-corrected chi connectivity index (χ1v) is 5.12. The normalized spacial score (nSPS) is 14.1. The maximum Gasteiger partial charge on any atom is 0.237 e. The van der Waals surface area contributed by atoms with E-state index in [1.54, 1.807) is 13.1 Å². The Bertz CT molecular complexity index is 341. The molecule has 1 heterocycles. The highest BCUT2D eigenvalue weighted by atomic mass is 32.1. The molecule has 2 unspecified atom stereocenters. The monoisotopic (exact) mass is 209 g/mol. The summed E-state index contributed by atoms with van der Waals surface area (Å²) in [6.07, 6.45) is 1.69. The number of nitrogens with one attached hydrogen (secondary N) is 1. The first kappa shape index (κ1) is 10.7. The molecular formula is C9H11N3OS. The molecule has 74 valence electrons. The van der Waals surface area contributed by atoms with Crippen LogP contribution in [0, 0.1) is 17.2 Å². The Labute approximate surface area is 86.6 Å². The van der Waals surface area contributed by atoms with Crippen LogP contribution in [0.1, 0.15) is 24.9 Å². The average molecular weight is 209 g/mol. The molecule has 1 N–H and O–H groups in total. The molecule has 0 aliphatic carbocycles. The van der Waals surface area contributed by atoms with Crippen LogP contribution >= 0.6 is 11.3 Å². The van der Waals surface area contributed by atoms with E-state index in [2.05, 4.69) is 10.3 Å². The fourth-order valence-electron chi connectivity index (χ4n) is 0.907. The summed E-state index contributed by atoms with van der Waals surface area (Å²) in [4.78, 5) is 15.4. The largest absolute Gasteiger partial charge is 0.346 e. The molecule has 0 aromatic carbocycles. The Balaban J connectivity index is 2.54. The van der Waals surface area contributed by atoms with E-state index in [-0.39, 0.29) is 11.9 Å². The number of aromatic nitrogens is 1. The molecule has 14 heavy (non-hydrogen) atoms. The molecule has 0 radical (unpaired) electrons. The summed E-state index contributed by atoms with van der Waals surface area (Å²) in [5.41, 5.74) is 0. The van der Waals surface area contributed by atoms with Gasteiger partial charge in [0.25, 0.3) is 0 Å².